The summed E-state index contributed by atoms with van der Waals surface area (Å²) in [5.41, 5.74) is 2.61. The van der Waals surface area contributed by atoms with Gasteiger partial charge in [0.1, 0.15) is 0 Å². The molecule has 0 saturated heterocycles. The van der Waals surface area contributed by atoms with Gasteiger partial charge >= 0.3 is 0 Å². The van der Waals surface area contributed by atoms with E-state index in [9.17, 15) is 0 Å². The monoisotopic (exact) mass is 338 g/mol. The third kappa shape index (κ3) is 1.72. The second-order valence-corrected chi connectivity index (χ2v) is 8.38. The number of azo groups is 1. The molecule has 6 atom stereocenters. The van der Waals surface area contributed by atoms with E-state index in [0.29, 0.717) is 23.7 Å². The van der Waals surface area contributed by atoms with Crippen LogP contribution < -0.4 is 0 Å². The summed E-state index contributed by atoms with van der Waals surface area (Å²) >= 11 is 0. The second kappa shape index (κ2) is 5.03. The van der Waals surface area contributed by atoms with Crippen LogP contribution in [0.15, 0.2) is 95.2 Å². The lowest BCUT2D eigenvalue weighted by atomic mass is 9.41. The molecule has 2 aromatic rings. The Kier molecular flexibility index (Phi) is 2.84. The van der Waals surface area contributed by atoms with E-state index >= 15 is 0 Å². The molecule has 7 rings (SSSR count). The van der Waals surface area contributed by atoms with Gasteiger partial charge in [-0.25, -0.2) is 0 Å². The molecule has 2 unspecified atom stereocenters. The Morgan fingerprint density at radius 3 is 1.19 bits per heavy atom. The third-order valence-electron chi connectivity index (χ3n) is 7.22. The van der Waals surface area contributed by atoms with Crippen molar-refractivity contribution in [3.05, 3.63) is 96.1 Å². The Balaban J connectivity index is 1.44. The molecule has 2 aromatic carbocycles. The predicted molar refractivity (Wildman–Crippen MR) is 103 cm³/mol. The van der Waals surface area contributed by atoms with Crippen molar-refractivity contribution in [3.8, 4) is 0 Å². The van der Waals surface area contributed by atoms with Crippen LogP contribution in [-0.4, -0.2) is 11.1 Å². The topological polar surface area (TPSA) is 24.7 Å². The second-order valence-electron chi connectivity index (χ2n) is 8.38. The summed E-state index contributed by atoms with van der Waals surface area (Å²) in [4.78, 5) is 0. The fourth-order valence-electron chi connectivity index (χ4n) is 5.86. The fraction of sp³-hybridized carbons (Fsp3) is 0.333. The Hall–Kier alpha value is -2.48. The summed E-state index contributed by atoms with van der Waals surface area (Å²) in [6.45, 7) is 0. The van der Waals surface area contributed by atoms with Crippen LogP contribution in [0.3, 0.4) is 0 Å². The van der Waals surface area contributed by atoms with Crippen molar-refractivity contribution < 1.29 is 0 Å². The Labute approximate surface area is 154 Å². The number of rotatable bonds is 4. The number of hydrogen-bond acceptors (Lipinski definition) is 2. The Morgan fingerprint density at radius 2 is 0.885 bits per heavy atom. The molecule has 26 heavy (non-hydrogen) atoms. The number of nitrogens with zero attached hydrogens (tertiary/aromatic N) is 2. The van der Waals surface area contributed by atoms with Gasteiger partial charge in [0.2, 0.25) is 0 Å². The number of hydrogen-bond donors (Lipinski definition) is 0. The molecule has 2 aliphatic heterocycles. The van der Waals surface area contributed by atoms with Gasteiger partial charge < -0.3 is 0 Å². The first-order valence-electron chi connectivity index (χ1n) is 9.70. The van der Waals surface area contributed by atoms with E-state index in [4.69, 9.17) is 10.2 Å². The molecule has 0 N–H and O–H groups in total. The molecule has 0 spiro atoms. The molecule has 128 valence electrons. The molecule has 0 amide bonds. The van der Waals surface area contributed by atoms with E-state index in [-0.39, 0.29) is 11.1 Å². The molecular weight excluding hydrogens is 316 g/mol. The van der Waals surface area contributed by atoms with Crippen LogP contribution in [0, 0.1) is 23.7 Å². The zero-order valence-corrected chi connectivity index (χ0v) is 14.7. The van der Waals surface area contributed by atoms with Gasteiger partial charge in [-0.15, -0.1) is 0 Å². The molecule has 2 nitrogen and oxygen atoms in total. The minimum atomic E-state index is -0.0708. The van der Waals surface area contributed by atoms with Crippen LogP contribution in [0.2, 0.25) is 0 Å². The van der Waals surface area contributed by atoms with Crippen LogP contribution in [0.4, 0.5) is 0 Å². The van der Waals surface area contributed by atoms with Gasteiger partial charge in [0.15, 0.2) is 0 Å². The molecular formula is C24H22N2. The summed E-state index contributed by atoms with van der Waals surface area (Å²) < 4.78 is 0. The first kappa shape index (κ1) is 14.7. The van der Waals surface area contributed by atoms with E-state index in [0.717, 1.165) is 12.8 Å². The van der Waals surface area contributed by atoms with Crippen molar-refractivity contribution >= 4 is 0 Å². The molecule has 3 aliphatic carbocycles. The summed E-state index contributed by atoms with van der Waals surface area (Å²) in [7, 11) is 0. The van der Waals surface area contributed by atoms with Crippen molar-refractivity contribution in [1.82, 2.24) is 0 Å². The quantitative estimate of drug-likeness (QED) is 0.698. The fourth-order valence-corrected chi connectivity index (χ4v) is 5.86. The molecule has 2 heterocycles. The predicted octanol–water partition coefficient (Wildman–Crippen LogP) is 5.03. The number of benzene rings is 2. The zero-order valence-electron chi connectivity index (χ0n) is 14.7. The van der Waals surface area contributed by atoms with E-state index in [2.05, 4.69) is 85.0 Å². The highest BCUT2D eigenvalue weighted by Gasteiger charge is 2.70. The summed E-state index contributed by atoms with van der Waals surface area (Å²) in [6, 6.07) is 21.7. The van der Waals surface area contributed by atoms with Gasteiger partial charge in [-0.05, 0) is 11.1 Å². The maximum Gasteiger partial charge on any atom is 0.0993 e. The molecule has 5 aliphatic rings. The normalized spacial score (nSPS) is 40.5. The molecule has 2 bridgehead atoms. The van der Waals surface area contributed by atoms with Gasteiger partial charge in [-0.1, -0.05) is 85.0 Å². The van der Waals surface area contributed by atoms with Gasteiger partial charge in [-0.3, -0.25) is 0 Å². The minimum Gasteiger partial charge on any atom is -0.185 e. The highest BCUT2D eigenvalue weighted by Crippen LogP contribution is 2.66. The molecule has 1 fully saturated rings. The van der Waals surface area contributed by atoms with Crippen LogP contribution in [-0.2, 0) is 12.8 Å². The maximum absolute atomic E-state index is 5.08. The lowest BCUT2D eigenvalue weighted by Crippen LogP contribution is -2.71. The van der Waals surface area contributed by atoms with Gasteiger partial charge in [-0.2, -0.15) is 10.2 Å². The zero-order chi connectivity index (χ0) is 17.2. The summed E-state index contributed by atoms with van der Waals surface area (Å²) in [6.07, 6.45) is 11.6. The van der Waals surface area contributed by atoms with E-state index in [1.807, 2.05) is 0 Å². The van der Waals surface area contributed by atoms with Crippen molar-refractivity contribution in [2.45, 2.75) is 23.9 Å². The standard InChI is InChI=1S/C24H22N2/c1-3-7-17(8-4-1)15-23-19-11-13-21(19)24(26-25-23,22-14-12-20(22)23)16-18-9-5-2-6-10-18/h1-14,19-22H,15-16H2/t19-,20-,21-,22+,23?,24?/m0/s1. The van der Waals surface area contributed by atoms with Crippen molar-refractivity contribution in [3.63, 3.8) is 0 Å². The molecule has 0 aromatic heterocycles. The first-order valence-corrected chi connectivity index (χ1v) is 9.70. The smallest absolute Gasteiger partial charge is 0.0993 e. The SMILES string of the molecule is C1=C[C@H]2[C@@H]1C1(Cc3ccccc3)N=NC2(Cc2ccccc2)[C@H]2C=C[C@@H]21. The van der Waals surface area contributed by atoms with E-state index in [1.54, 1.807) is 0 Å². The molecule has 2 heteroatoms. The first-order chi connectivity index (χ1) is 12.8. The van der Waals surface area contributed by atoms with Gasteiger partial charge in [0.05, 0.1) is 11.1 Å². The molecule has 1 saturated carbocycles. The Morgan fingerprint density at radius 1 is 0.538 bits per heavy atom. The van der Waals surface area contributed by atoms with Crippen LogP contribution in [0.25, 0.3) is 0 Å². The largest absolute Gasteiger partial charge is 0.185 e. The van der Waals surface area contributed by atoms with Gasteiger partial charge in [0, 0.05) is 36.5 Å². The maximum atomic E-state index is 5.08. The van der Waals surface area contributed by atoms with Crippen LogP contribution in [0.5, 0.6) is 0 Å². The highest BCUT2D eigenvalue weighted by molar-refractivity contribution is 5.43. The molecule has 0 radical (unpaired) electrons. The summed E-state index contributed by atoms with van der Waals surface area (Å²) in [5.74, 6) is 2.09. The van der Waals surface area contributed by atoms with Crippen LogP contribution >= 0.6 is 0 Å². The van der Waals surface area contributed by atoms with Crippen molar-refractivity contribution in [2.75, 3.05) is 0 Å². The lowest BCUT2D eigenvalue weighted by Gasteiger charge is -2.66. The minimum absolute atomic E-state index is 0.0708. The Bertz CT molecular complexity index is 824. The third-order valence-corrected chi connectivity index (χ3v) is 7.22. The van der Waals surface area contributed by atoms with Crippen molar-refractivity contribution in [1.29, 1.82) is 0 Å². The van der Waals surface area contributed by atoms with E-state index < -0.39 is 0 Å². The average Bonchev–Trinajstić information content (AvgIpc) is 2.58. The van der Waals surface area contributed by atoms with Crippen LogP contribution in [0.1, 0.15) is 11.1 Å². The highest BCUT2D eigenvalue weighted by atomic mass is 15.3. The average molecular weight is 338 g/mol. The summed E-state index contributed by atoms with van der Waals surface area (Å²) in [5, 5.41) is 10.2. The van der Waals surface area contributed by atoms with E-state index in [1.165, 1.54) is 11.1 Å². The lowest BCUT2D eigenvalue weighted by molar-refractivity contribution is -0.0482. The van der Waals surface area contributed by atoms with Gasteiger partial charge in [0.25, 0.3) is 0 Å². The van der Waals surface area contributed by atoms with Crippen molar-refractivity contribution in [2.24, 2.45) is 33.9 Å².